The van der Waals surface area contributed by atoms with E-state index in [-0.39, 0.29) is 5.71 Å². The van der Waals surface area contributed by atoms with E-state index in [1.54, 1.807) is 27.0 Å². The molecule has 23 heavy (non-hydrogen) atoms. The van der Waals surface area contributed by atoms with Crippen molar-refractivity contribution in [1.82, 2.24) is 9.97 Å². The Balaban J connectivity index is 2.94. The number of esters is 1. The summed E-state index contributed by atoms with van der Waals surface area (Å²) < 4.78 is 5.28. The lowest BCUT2D eigenvalue weighted by molar-refractivity contribution is -0.146. The lowest BCUT2D eigenvalue weighted by atomic mass is 9.99. The Morgan fingerprint density at radius 2 is 2.04 bits per heavy atom. The van der Waals surface area contributed by atoms with Crippen LogP contribution in [0.4, 0.5) is 0 Å². The summed E-state index contributed by atoms with van der Waals surface area (Å²) in [5, 5.41) is 8.12. The summed E-state index contributed by atoms with van der Waals surface area (Å²) in [5.41, 5.74) is 3.29. The van der Waals surface area contributed by atoms with Gasteiger partial charge in [-0.3, -0.25) is 5.41 Å². The molecule has 1 heterocycles. The summed E-state index contributed by atoms with van der Waals surface area (Å²) >= 11 is 0. The van der Waals surface area contributed by atoms with Crippen LogP contribution in [0.25, 0.3) is 0 Å². The summed E-state index contributed by atoms with van der Waals surface area (Å²) in [6.07, 6.45) is 2.25. The molecule has 1 atom stereocenters. The largest absolute Gasteiger partial charge is 0.455 e. The highest BCUT2D eigenvalue weighted by Crippen LogP contribution is 2.20. The second-order valence-corrected chi connectivity index (χ2v) is 12.3. The van der Waals surface area contributed by atoms with Crippen molar-refractivity contribution >= 4 is 19.8 Å². The zero-order chi connectivity index (χ0) is 17.8. The predicted octanol–water partition coefficient (Wildman–Crippen LogP) is 3.49. The van der Waals surface area contributed by atoms with Gasteiger partial charge >= 0.3 is 5.97 Å². The Morgan fingerprint density at radius 1 is 1.43 bits per heavy atom. The number of H-pyrrole nitrogens is 1. The number of hydrogen-bond acceptors (Lipinski definition) is 4. The molecule has 2 N–H and O–H groups in total. The number of nitrogens with one attached hydrogen (secondary N) is 2. The Bertz CT molecular complexity index is 639. The van der Waals surface area contributed by atoms with E-state index < -0.39 is 25.6 Å². The molecule has 0 bridgehead atoms. The fourth-order valence-corrected chi connectivity index (χ4v) is 2.35. The van der Waals surface area contributed by atoms with E-state index in [1.807, 2.05) is 6.92 Å². The predicted molar refractivity (Wildman–Crippen MR) is 95.4 cm³/mol. The van der Waals surface area contributed by atoms with Crippen molar-refractivity contribution in [3.63, 3.8) is 0 Å². The van der Waals surface area contributed by atoms with Crippen molar-refractivity contribution in [2.24, 2.45) is 0 Å². The van der Waals surface area contributed by atoms with E-state index in [0.717, 1.165) is 5.69 Å². The minimum atomic E-state index is -1.46. The third-order valence-corrected chi connectivity index (χ3v) is 3.75. The van der Waals surface area contributed by atoms with Gasteiger partial charge in [-0.25, -0.2) is 9.78 Å². The number of nitrogens with zero attached hydrogens (tertiary/aromatic N) is 1. The monoisotopic (exact) mass is 333 g/mol. The van der Waals surface area contributed by atoms with Crippen LogP contribution in [0.3, 0.4) is 0 Å². The van der Waals surface area contributed by atoms with Crippen molar-refractivity contribution in [3.05, 3.63) is 17.7 Å². The maximum absolute atomic E-state index is 12.1. The second-order valence-electron chi connectivity index (χ2n) is 7.56. The van der Waals surface area contributed by atoms with Gasteiger partial charge in [0, 0.05) is 0 Å². The van der Waals surface area contributed by atoms with E-state index >= 15 is 0 Å². The summed E-state index contributed by atoms with van der Waals surface area (Å²) in [6.45, 7) is 13.8. The fraction of sp³-hybridized carbons (Fsp3) is 0.588. The minimum Gasteiger partial charge on any atom is -0.455 e. The van der Waals surface area contributed by atoms with Crippen LogP contribution >= 0.6 is 0 Å². The molecule has 5 nitrogen and oxygen atoms in total. The SMILES string of the molecule is CC[C@@H](C(=N)C(=O)OC(C)(C)C)c1ncc(C#C[Si](C)(C)C)[nH]1. The van der Waals surface area contributed by atoms with E-state index in [1.165, 1.54) is 0 Å². The molecular formula is C17H27N3O2Si. The van der Waals surface area contributed by atoms with Gasteiger partial charge in [-0.05, 0) is 27.2 Å². The Morgan fingerprint density at radius 3 is 2.52 bits per heavy atom. The quantitative estimate of drug-likeness (QED) is 0.383. The number of aromatic amines is 1. The highest BCUT2D eigenvalue weighted by atomic mass is 28.3. The molecule has 126 valence electrons. The number of carbonyl (C=O) groups is 1. The van der Waals surface area contributed by atoms with E-state index in [9.17, 15) is 4.79 Å². The molecule has 0 spiro atoms. The molecule has 0 aliphatic heterocycles. The molecule has 0 aliphatic rings. The standard InChI is InChI=1S/C17H27N3O2Si/c1-8-13(14(18)16(21)22-17(2,3)4)15-19-11-12(20-15)9-10-23(5,6)7/h11,13,18H,8H2,1-7H3,(H,19,20)/t13-/m0/s1. The number of imidazole rings is 1. The summed E-state index contributed by atoms with van der Waals surface area (Å²) in [7, 11) is -1.46. The third kappa shape index (κ3) is 6.41. The third-order valence-electron chi connectivity index (χ3n) is 2.87. The highest BCUT2D eigenvalue weighted by Gasteiger charge is 2.28. The van der Waals surface area contributed by atoms with Gasteiger partial charge in [0.2, 0.25) is 0 Å². The van der Waals surface area contributed by atoms with Crippen molar-refractivity contribution < 1.29 is 9.53 Å². The average molecular weight is 334 g/mol. The number of aromatic nitrogens is 2. The number of rotatable bonds is 4. The number of hydrogen-bond donors (Lipinski definition) is 2. The molecule has 1 rings (SSSR count). The Kier molecular flexibility index (Phi) is 5.95. The van der Waals surface area contributed by atoms with E-state index in [0.29, 0.717) is 12.2 Å². The van der Waals surface area contributed by atoms with Gasteiger partial charge in [0.15, 0.2) is 0 Å². The van der Waals surface area contributed by atoms with Crippen molar-refractivity contribution in [3.8, 4) is 11.5 Å². The van der Waals surface area contributed by atoms with E-state index in [2.05, 4.69) is 41.1 Å². The number of ether oxygens (including phenoxy) is 1. The second kappa shape index (κ2) is 7.13. The first-order valence-electron chi connectivity index (χ1n) is 7.83. The molecular weight excluding hydrogens is 306 g/mol. The van der Waals surface area contributed by atoms with Crippen LogP contribution in [0.2, 0.25) is 19.6 Å². The van der Waals surface area contributed by atoms with Gasteiger partial charge in [-0.15, -0.1) is 5.54 Å². The maximum Gasteiger partial charge on any atom is 0.353 e. The molecule has 0 fully saturated rings. The van der Waals surface area contributed by atoms with Crippen LogP contribution in [0.5, 0.6) is 0 Å². The zero-order valence-electron chi connectivity index (χ0n) is 15.1. The molecule has 1 aromatic heterocycles. The van der Waals surface area contributed by atoms with E-state index in [4.69, 9.17) is 10.1 Å². The number of carbonyl (C=O) groups excluding carboxylic acids is 1. The maximum atomic E-state index is 12.1. The smallest absolute Gasteiger partial charge is 0.353 e. The van der Waals surface area contributed by atoms with Crippen molar-refractivity contribution in [1.29, 1.82) is 5.41 Å². The molecule has 0 saturated heterocycles. The molecule has 0 aromatic carbocycles. The van der Waals surface area contributed by atoms with Gasteiger partial charge in [0.1, 0.15) is 30.9 Å². The normalized spacial score (nSPS) is 13.0. The first-order chi connectivity index (χ1) is 10.4. The molecule has 0 aliphatic carbocycles. The van der Waals surface area contributed by atoms with Crippen LogP contribution in [0.1, 0.15) is 51.6 Å². The first kappa shape index (κ1) is 19.2. The molecule has 6 heteroatoms. The van der Waals surface area contributed by atoms with Crippen LogP contribution < -0.4 is 0 Å². The molecule has 0 saturated carbocycles. The first-order valence-corrected chi connectivity index (χ1v) is 11.3. The van der Waals surface area contributed by atoms with Gasteiger partial charge in [0.05, 0.1) is 12.1 Å². The van der Waals surface area contributed by atoms with Crippen LogP contribution in [-0.2, 0) is 9.53 Å². The minimum absolute atomic E-state index is 0.0820. The molecule has 1 aromatic rings. The van der Waals surface area contributed by atoms with Gasteiger partial charge in [-0.2, -0.15) is 0 Å². The van der Waals surface area contributed by atoms with Crippen LogP contribution in [0.15, 0.2) is 6.20 Å². The van der Waals surface area contributed by atoms with Gasteiger partial charge in [-0.1, -0.05) is 32.5 Å². The molecule has 0 unspecified atom stereocenters. The average Bonchev–Trinajstić information content (AvgIpc) is 2.83. The summed E-state index contributed by atoms with van der Waals surface area (Å²) in [6, 6.07) is 0. The summed E-state index contributed by atoms with van der Waals surface area (Å²) in [4.78, 5) is 19.5. The lowest BCUT2D eigenvalue weighted by Gasteiger charge is -2.21. The van der Waals surface area contributed by atoms with Crippen molar-refractivity contribution in [2.45, 2.75) is 65.3 Å². The Hall–Kier alpha value is -1.87. The van der Waals surface area contributed by atoms with Crippen LogP contribution in [-0.4, -0.2) is 35.3 Å². The zero-order valence-corrected chi connectivity index (χ0v) is 16.1. The van der Waals surface area contributed by atoms with Crippen molar-refractivity contribution in [2.75, 3.05) is 0 Å². The topological polar surface area (TPSA) is 78.8 Å². The molecule has 0 radical (unpaired) electrons. The van der Waals surface area contributed by atoms with Gasteiger partial charge in [0.25, 0.3) is 0 Å². The lowest BCUT2D eigenvalue weighted by Crippen LogP contribution is -2.31. The Labute approximate surface area is 139 Å². The van der Waals surface area contributed by atoms with Gasteiger partial charge < -0.3 is 9.72 Å². The van der Waals surface area contributed by atoms with Crippen LogP contribution in [0, 0.1) is 16.9 Å². The molecule has 0 amide bonds. The summed E-state index contributed by atoms with van der Waals surface area (Å²) in [5.74, 6) is 2.67. The highest BCUT2D eigenvalue weighted by molar-refractivity contribution is 6.83. The fourth-order valence-electron chi connectivity index (χ4n) is 1.84.